The quantitative estimate of drug-likeness (QED) is 0.819. The normalized spacial score (nSPS) is 19.6. The maximum absolute atomic E-state index is 11.6. The number of carbonyl (C=O) groups is 1. The molecular weight excluding hydrogens is 236 g/mol. The van der Waals surface area contributed by atoms with Crippen LogP contribution in [0.3, 0.4) is 0 Å². The van der Waals surface area contributed by atoms with Crippen molar-refractivity contribution in [2.75, 3.05) is 0 Å². The third-order valence-electron chi connectivity index (χ3n) is 3.30. The molecule has 1 atom stereocenters. The van der Waals surface area contributed by atoms with Gasteiger partial charge in [-0.2, -0.15) is 0 Å². The highest BCUT2D eigenvalue weighted by molar-refractivity contribution is 5.85. The Morgan fingerprint density at radius 1 is 1.24 bits per heavy atom. The first kappa shape index (κ1) is 16.7. The Bertz CT molecular complexity index is 202. The molecule has 1 amide bonds. The van der Waals surface area contributed by atoms with Crippen molar-refractivity contribution < 1.29 is 4.79 Å². The minimum Gasteiger partial charge on any atom is -0.353 e. The average Bonchev–Trinajstić information content (AvgIpc) is 2.19. The number of nitrogens with one attached hydrogen (secondary N) is 1. The van der Waals surface area contributed by atoms with Crippen LogP contribution in [0.25, 0.3) is 0 Å². The molecule has 1 aliphatic carbocycles. The van der Waals surface area contributed by atoms with E-state index in [1.807, 2.05) is 6.92 Å². The second-order valence-electron chi connectivity index (χ2n) is 5.13. The Labute approximate surface area is 111 Å². The molecule has 1 aliphatic rings. The highest BCUT2D eigenvalue weighted by Gasteiger charge is 2.13. The summed E-state index contributed by atoms with van der Waals surface area (Å²) >= 11 is 0. The Kier molecular flexibility index (Phi) is 9.56. The molecule has 1 fully saturated rings. The summed E-state index contributed by atoms with van der Waals surface area (Å²) in [5.74, 6) is 0.183. The molecule has 0 aromatic carbocycles. The molecule has 0 spiro atoms. The topological polar surface area (TPSA) is 55.1 Å². The molecule has 17 heavy (non-hydrogen) atoms. The van der Waals surface area contributed by atoms with Crippen LogP contribution in [0.15, 0.2) is 0 Å². The Morgan fingerprint density at radius 2 is 1.76 bits per heavy atom. The van der Waals surface area contributed by atoms with Crippen molar-refractivity contribution in [3.05, 3.63) is 0 Å². The first-order chi connectivity index (χ1) is 7.68. The van der Waals surface area contributed by atoms with Gasteiger partial charge in [-0.25, -0.2) is 0 Å². The Morgan fingerprint density at radius 3 is 2.29 bits per heavy atom. The second-order valence-corrected chi connectivity index (χ2v) is 5.13. The standard InChI is InChI=1S/C13H26N2O.ClH/c1-11(14)9-10-13(16)15-12-7-5-3-2-4-6-8-12;/h11-12H,2-10,14H2,1H3,(H,15,16);1H. The van der Waals surface area contributed by atoms with Gasteiger partial charge in [0.15, 0.2) is 0 Å². The van der Waals surface area contributed by atoms with Gasteiger partial charge in [-0.05, 0) is 26.2 Å². The summed E-state index contributed by atoms with van der Waals surface area (Å²) in [5, 5.41) is 3.15. The number of hydrogen-bond acceptors (Lipinski definition) is 2. The summed E-state index contributed by atoms with van der Waals surface area (Å²) in [6, 6.07) is 0.545. The number of carbonyl (C=O) groups excluding carboxylic acids is 1. The van der Waals surface area contributed by atoms with Crippen LogP contribution >= 0.6 is 12.4 Å². The van der Waals surface area contributed by atoms with Crippen molar-refractivity contribution in [3.8, 4) is 0 Å². The van der Waals surface area contributed by atoms with Gasteiger partial charge in [-0.1, -0.05) is 32.1 Å². The zero-order valence-electron chi connectivity index (χ0n) is 10.9. The lowest BCUT2D eigenvalue weighted by Gasteiger charge is -2.21. The molecule has 1 saturated carbocycles. The van der Waals surface area contributed by atoms with Crippen LogP contribution in [-0.4, -0.2) is 18.0 Å². The van der Waals surface area contributed by atoms with E-state index < -0.39 is 0 Å². The third-order valence-corrected chi connectivity index (χ3v) is 3.30. The molecule has 3 N–H and O–H groups in total. The van der Waals surface area contributed by atoms with Crippen LogP contribution < -0.4 is 11.1 Å². The predicted octanol–water partition coefficient (Wildman–Crippen LogP) is 2.76. The van der Waals surface area contributed by atoms with E-state index in [9.17, 15) is 4.79 Å². The predicted molar refractivity (Wildman–Crippen MR) is 74.4 cm³/mol. The minimum atomic E-state index is 0. The highest BCUT2D eigenvalue weighted by atomic mass is 35.5. The summed E-state index contributed by atoms with van der Waals surface area (Å²) in [6.45, 7) is 1.95. The van der Waals surface area contributed by atoms with E-state index in [4.69, 9.17) is 5.73 Å². The number of amides is 1. The lowest BCUT2D eigenvalue weighted by molar-refractivity contribution is -0.122. The Balaban J connectivity index is 0.00000256. The molecule has 1 unspecified atom stereocenters. The van der Waals surface area contributed by atoms with Gasteiger partial charge in [-0.3, -0.25) is 4.79 Å². The molecule has 1 rings (SSSR count). The van der Waals surface area contributed by atoms with Crippen molar-refractivity contribution in [2.24, 2.45) is 5.73 Å². The fourth-order valence-corrected chi connectivity index (χ4v) is 2.26. The van der Waals surface area contributed by atoms with Crippen molar-refractivity contribution in [1.82, 2.24) is 5.32 Å². The maximum Gasteiger partial charge on any atom is 0.220 e. The van der Waals surface area contributed by atoms with E-state index >= 15 is 0 Å². The largest absolute Gasteiger partial charge is 0.353 e. The third kappa shape index (κ3) is 8.44. The van der Waals surface area contributed by atoms with Crippen LogP contribution in [-0.2, 0) is 4.79 Å². The number of rotatable bonds is 4. The van der Waals surface area contributed by atoms with E-state index in [0.29, 0.717) is 12.5 Å². The van der Waals surface area contributed by atoms with Gasteiger partial charge >= 0.3 is 0 Å². The van der Waals surface area contributed by atoms with Crippen molar-refractivity contribution in [2.45, 2.75) is 76.8 Å². The SMILES string of the molecule is CC(N)CCC(=O)NC1CCCCCCC1.Cl. The molecule has 0 aliphatic heterocycles. The van der Waals surface area contributed by atoms with Crippen molar-refractivity contribution in [1.29, 1.82) is 0 Å². The van der Waals surface area contributed by atoms with Gasteiger partial charge in [0.2, 0.25) is 5.91 Å². The van der Waals surface area contributed by atoms with Gasteiger partial charge in [0.25, 0.3) is 0 Å². The van der Waals surface area contributed by atoms with Crippen molar-refractivity contribution >= 4 is 18.3 Å². The molecule has 0 radical (unpaired) electrons. The highest BCUT2D eigenvalue weighted by Crippen LogP contribution is 2.17. The Hall–Kier alpha value is -0.280. The first-order valence-electron chi connectivity index (χ1n) is 6.73. The van der Waals surface area contributed by atoms with Crippen LogP contribution in [0.4, 0.5) is 0 Å². The minimum absolute atomic E-state index is 0. The maximum atomic E-state index is 11.6. The first-order valence-corrected chi connectivity index (χ1v) is 6.73. The summed E-state index contributed by atoms with van der Waals surface area (Å²) in [5.41, 5.74) is 5.64. The molecule has 4 heteroatoms. The molecule has 0 bridgehead atoms. The van der Waals surface area contributed by atoms with Gasteiger partial charge in [0, 0.05) is 18.5 Å². The molecule has 0 aromatic heterocycles. The van der Waals surface area contributed by atoms with Crippen LogP contribution in [0.2, 0.25) is 0 Å². The van der Waals surface area contributed by atoms with Gasteiger partial charge < -0.3 is 11.1 Å². The van der Waals surface area contributed by atoms with Crippen LogP contribution in [0, 0.1) is 0 Å². The molecular formula is C13H27ClN2O. The lowest BCUT2D eigenvalue weighted by atomic mass is 9.96. The number of hydrogen-bond donors (Lipinski definition) is 2. The molecule has 0 heterocycles. The zero-order valence-corrected chi connectivity index (χ0v) is 11.7. The van der Waals surface area contributed by atoms with E-state index in [1.54, 1.807) is 0 Å². The fourth-order valence-electron chi connectivity index (χ4n) is 2.26. The summed E-state index contributed by atoms with van der Waals surface area (Å²) in [7, 11) is 0. The van der Waals surface area contributed by atoms with E-state index in [-0.39, 0.29) is 24.4 Å². The van der Waals surface area contributed by atoms with E-state index in [0.717, 1.165) is 19.3 Å². The second kappa shape index (κ2) is 9.72. The summed E-state index contributed by atoms with van der Waals surface area (Å²) < 4.78 is 0. The van der Waals surface area contributed by atoms with Gasteiger partial charge in [-0.15, -0.1) is 12.4 Å². The molecule has 0 saturated heterocycles. The van der Waals surface area contributed by atoms with Gasteiger partial charge in [0.1, 0.15) is 0 Å². The summed E-state index contributed by atoms with van der Waals surface area (Å²) in [6.07, 6.45) is 10.2. The smallest absolute Gasteiger partial charge is 0.220 e. The molecule has 102 valence electrons. The zero-order chi connectivity index (χ0) is 11.8. The number of nitrogens with two attached hydrogens (primary N) is 1. The number of halogens is 1. The van der Waals surface area contributed by atoms with Crippen molar-refractivity contribution in [3.63, 3.8) is 0 Å². The molecule has 0 aromatic rings. The molecule has 3 nitrogen and oxygen atoms in total. The fraction of sp³-hybridized carbons (Fsp3) is 0.923. The van der Waals surface area contributed by atoms with E-state index in [1.165, 1.54) is 32.1 Å². The monoisotopic (exact) mass is 262 g/mol. The lowest BCUT2D eigenvalue weighted by Crippen LogP contribution is -2.35. The van der Waals surface area contributed by atoms with Gasteiger partial charge in [0.05, 0.1) is 0 Å². The van der Waals surface area contributed by atoms with E-state index in [2.05, 4.69) is 5.32 Å². The van der Waals surface area contributed by atoms with Crippen LogP contribution in [0.5, 0.6) is 0 Å². The average molecular weight is 263 g/mol. The van der Waals surface area contributed by atoms with Crippen LogP contribution in [0.1, 0.15) is 64.7 Å². The summed E-state index contributed by atoms with van der Waals surface area (Å²) in [4.78, 5) is 11.6.